The van der Waals surface area contributed by atoms with Crippen molar-refractivity contribution in [3.63, 3.8) is 0 Å². The van der Waals surface area contributed by atoms with Crippen LogP contribution in [-0.2, 0) is 5.41 Å². The van der Waals surface area contributed by atoms with E-state index in [-0.39, 0.29) is 11.0 Å². The summed E-state index contributed by atoms with van der Waals surface area (Å²) in [6.07, 6.45) is 7.86. The monoisotopic (exact) mass is 245 g/mol. The molecule has 0 aromatic heterocycles. The lowest BCUT2D eigenvalue weighted by Gasteiger charge is -2.53. The molecule has 0 bridgehead atoms. The maximum Gasteiger partial charge on any atom is 0.0272 e. The van der Waals surface area contributed by atoms with Gasteiger partial charge in [0.2, 0.25) is 0 Å². The molecule has 0 spiro atoms. The lowest BCUT2D eigenvalue weighted by atomic mass is 9.57. The summed E-state index contributed by atoms with van der Waals surface area (Å²) in [5, 5.41) is 3.71. The van der Waals surface area contributed by atoms with Crippen LogP contribution in [0.2, 0.25) is 0 Å². The number of hydrogen-bond donors (Lipinski definition) is 1. The largest absolute Gasteiger partial charge is 0.313 e. The van der Waals surface area contributed by atoms with E-state index in [2.05, 4.69) is 56.5 Å². The molecule has 2 rings (SSSR count). The van der Waals surface area contributed by atoms with E-state index in [0.29, 0.717) is 0 Å². The first kappa shape index (κ1) is 13.6. The Labute approximate surface area is 112 Å². The molecule has 1 aliphatic rings. The molecule has 0 aliphatic heterocycles. The Kier molecular flexibility index (Phi) is 4.11. The second-order valence-corrected chi connectivity index (χ2v) is 5.99. The van der Waals surface area contributed by atoms with Gasteiger partial charge in [-0.3, -0.25) is 0 Å². The molecule has 0 radical (unpaired) electrons. The summed E-state index contributed by atoms with van der Waals surface area (Å²) < 4.78 is 0. The van der Waals surface area contributed by atoms with E-state index in [0.717, 1.165) is 0 Å². The zero-order valence-corrected chi connectivity index (χ0v) is 12.1. The first-order chi connectivity index (χ1) is 8.68. The second kappa shape index (κ2) is 5.44. The third-order valence-electron chi connectivity index (χ3n) is 5.15. The Morgan fingerprint density at radius 3 is 2.39 bits per heavy atom. The maximum absolute atomic E-state index is 3.71. The first-order valence-corrected chi connectivity index (χ1v) is 7.43. The molecule has 1 N–H and O–H groups in total. The van der Waals surface area contributed by atoms with Crippen LogP contribution in [0.3, 0.4) is 0 Å². The van der Waals surface area contributed by atoms with E-state index in [1.165, 1.54) is 44.1 Å². The van der Waals surface area contributed by atoms with E-state index in [4.69, 9.17) is 0 Å². The fourth-order valence-electron chi connectivity index (χ4n) is 4.00. The summed E-state index contributed by atoms with van der Waals surface area (Å²) in [5.41, 5.74) is 2.06. The van der Waals surface area contributed by atoms with Crippen LogP contribution in [0.25, 0.3) is 0 Å². The van der Waals surface area contributed by atoms with Crippen LogP contribution in [0.4, 0.5) is 0 Å². The van der Waals surface area contributed by atoms with Crippen molar-refractivity contribution in [2.45, 2.75) is 63.3 Å². The third-order valence-corrected chi connectivity index (χ3v) is 5.15. The topological polar surface area (TPSA) is 12.0 Å². The van der Waals surface area contributed by atoms with Gasteiger partial charge in [0.15, 0.2) is 0 Å². The van der Waals surface area contributed by atoms with Crippen LogP contribution >= 0.6 is 0 Å². The van der Waals surface area contributed by atoms with Crippen molar-refractivity contribution in [1.82, 2.24) is 5.32 Å². The molecule has 1 aromatic rings. The highest BCUT2D eigenvalue weighted by Gasteiger charge is 2.48. The zero-order chi connectivity index (χ0) is 13.1. The van der Waals surface area contributed by atoms with Crippen molar-refractivity contribution in [1.29, 1.82) is 0 Å². The minimum absolute atomic E-state index is 0.275. The first-order valence-electron chi connectivity index (χ1n) is 7.43. The number of rotatable bonds is 4. The van der Waals surface area contributed by atoms with Gasteiger partial charge >= 0.3 is 0 Å². The lowest BCUT2D eigenvalue weighted by molar-refractivity contribution is 0.112. The summed E-state index contributed by atoms with van der Waals surface area (Å²) in [6.45, 7) is 4.77. The SMILES string of the molecule is CCCC1(NC)CCCCC1(C)c1ccccc1. The van der Waals surface area contributed by atoms with E-state index in [1.807, 2.05) is 0 Å². The fourth-order valence-corrected chi connectivity index (χ4v) is 4.00. The Bertz CT molecular complexity index is 368. The van der Waals surface area contributed by atoms with Gasteiger partial charge in [0.05, 0.1) is 0 Å². The number of hydrogen-bond acceptors (Lipinski definition) is 1. The van der Waals surface area contributed by atoms with Gasteiger partial charge in [-0.15, -0.1) is 0 Å². The van der Waals surface area contributed by atoms with Gasteiger partial charge in [-0.2, -0.15) is 0 Å². The number of benzene rings is 1. The molecule has 0 saturated heterocycles. The molecule has 100 valence electrons. The van der Waals surface area contributed by atoms with Gasteiger partial charge in [-0.25, -0.2) is 0 Å². The normalized spacial score (nSPS) is 32.4. The predicted octanol–water partition coefficient (Wildman–Crippen LogP) is 4.28. The Morgan fingerprint density at radius 2 is 1.78 bits per heavy atom. The molecule has 1 aromatic carbocycles. The quantitative estimate of drug-likeness (QED) is 0.835. The van der Waals surface area contributed by atoms with Crippen LogP contribution in [-0.4, -0.2) is 12.6 Å². The lowest BCUT2D eigenvalue weighted by Crippen LogP contribution is -2.60. The molecule has 1 fully saturated rings. The molecule has 18 heavy (non-hydrogen) atoms. The van der Waals surface area contributed by atoms with Crippen molar-refractivity contribution in [2.75, 3.05) is 7.05 Å². The summed E-state index contributed by atoms with van der Waals surface area (Å²) in [5.74, 6) is 0. The number of likely N-dealkylation sites (N-methyl/N-ethyl adjacent to an activating group) is 1. The van der Waals surface area contributed by atoms with Crippen LogP contribution in [0.5, 0.6) is 0 Å². The smallest absolute Gasteiger partial charge is 0.0272 e. The molecule has 2 atom stereocenters. The Balaban J connectivity index is 2.42. The molecule has 1 aliphatic carbocycles. The summed E-state index contributed by atoms with van der Waals surface area (Å²) >= 11 is 0. The number of nitrogens with one attached hydrogen (secondary N) is 1. The van der Waals surface area contributed by atoms with E-state index in [1.54, 1.807) is 0 Å². The van der Waals surface area contributed by atoms with Gasteiger partial charge in [-0.05, 0) is 31.9 Å². The van der Waals surface area contributed by atoms with Crippen molar-refractivity contribution < 1.29 is 0 Å². The second-order valence-electron chi connectivity index (χ2n) is 5.99. The van der Waals surface area contributed by atoms with Crippen molar-refractivity contribution in [2.24, 2.45) is 0 Å². The predicted molar refractivity (Wildman–Crippen MR) is 79.0 cm³/mol. The fraction of sp³-hybridized carbons (Fsp3) is 0.647. The van der Waals surface area contributed by atoms with Gasteiger partial charge in [0, 0.05) is 11.0 Å². The molecule has 1 saturated carbocycles. The minimum Gasteiger partial charge on any atom is -0.313 e. The summed E-state index contributed by atoms with van der Waals surface area (Å²) in [7, 11) is 2.15. The van der Waals surface area contributed by atoms with Gasteiger partial charge in [0.25, 0.3) is 0 Å². The third kappa shape index (κ3) is 2.09. The van der Waals surface area contributed by atoms with E-state index in [9.17, 15) is 0 Å². The van der Waals surface area contributed by atoms with E-state index < -0.39 is 0 Å². The minimum atomic E-state index is 0.275. The van der Waals surface area contributed by atoms with Gasteiger partial charge in [-0.1, -0.05) is 63.4 Å². The Morgan fingerprint density at radius 1 is 1.11 bits per heavy atom. The van der Waals surface area contributed by atoms with E-state index >= 15 is 0 Å². The van der Waals surface area contributed by atoms with Crippen LogP contribution in [0.15, 0.2) is 30.3 Å². The molecule has 2 unspecified atom stereocenters. The maximum atomic E-state index is 3.71. The molecular weight excluding hydrogens is 218 g/mol. The zero-order valence-electron chi connectivity index (χ0n) is 12.1. The Hall–Kier alpha value is -0.820. The molecule has 0 heterocycles. The van der Waals surface area contributed by atoms with Crippen LogP contribution < -0.4 is 5.32 Å². The van der Waals surface area contributed by atoms with Gasteiger partial charge < -0.3 is 5.32 Å². The average Bonchev–Trinajstić information content (AvgIpc) is 2.43. The van der Waals surface area contributed by atoms with Crippen molar-refractivity contribution in [3.05, 3.63) is 35.9 Å². The highest BCUT2D eigenvalue weighted by atomic mass is 15.0. The van der Waals surface area contributed by atoms with Crippen LogP contribution in [0, 0.1) is 0 Å². The molecule has 0 amide bonds. The van der Waals surface area contributed by atoms with Crippen LogP contribution in [0.1, 0.15) is 57.9 Å². The highest BCUT2D eigenvalue weighted by Crippen LogP contribution is 2.48. The molecule has 1 heteroatoms. The van der Waals surface area contributed by atoms with Gasteiger partial charge in [0.1, 0.15) is 0 Å². The summed E-state index contributed by atoms with van der Waals surface area (Å²) in [4.78, 5) is 0. The standard InChI is InChI=1S/C17H27N/c1-4-12-17(18-3)14-9-8-13-16(17,2)15-10-6-5-7-11-15/h5-7,10-11,18H,4,8-9,12-14H2,1-3H3. The molecule has 1 nitrogen and oxygen atoms in total. The van der Waals surface area contributed by atoms with Crippen molar-refractivity contribution >= 4 is 0 Å². The average molecular weight is 245 g/mol. The molecular formula is C17H27N. The summed E-state index contributed by atoms with van der Waals surface area (Å²) in [6, 6.07) is 11.1. The van der Waals surface area contributed by atoms with Crippen molar-refractivity contribution in [3.8, 4) is 0 Å². The highest BCUT2D eigenvalue weighted by molar-refractivity contribution is 5.31.